The summed E-state index contributed by atoms with van der Waals surface area (Å²) in [6.07, 6.45) is 4.68. The van der Waals surface area contributed by atoms with Crippen LogP contribution in [0.4, 0.5) is 10.5 Å². The molecule has 1 saturated heterocycles. The van der Waals surface area contributed by atoms with Crippen LogP contribution in [0.25, 0.3) is 6.08 Å². The summed E-state index contributed by atoms with van der Waals surface area (Å²) in [6, 6.07) is 9.40. The van der Waals surface area contributed by atoms with Gasteiger partial charge in [0.15, 0.2) is 0 Å². The summed E-state index contributed by atoms with van der Waals surface area (Å²) in [5.41, 5.74) is 8.22. The van der Waals surface area contributed by atoms with Crippen molar-refractivity contribution in [2.24, 2.45) is 0 Å². The van der Waals surface area contributed by atoms with E-state index in [1.807, 2.05) is 24.3 Å². The van der Waals surface area contributed by atoms with E-state index in [2.05, 4.69) is 15.3 Å². The molecule has 0 unspecified atom stereocenters. The minimum absolute atomic E-state index is 0.343. The molecule has 2 amide bonds. The second kappa shape index (κ2) is 6.62. The minimum atomic E-state index is -0.389. The molecule has 0 radical (unpaired) electrons. The normalized spacial score (nSPS) is 15.9. The first-order chi connectivity index (χ1) is 11.1. The van der Waals surface area contributed by atoms with Gasteiger partial charge in [0.1, 0.15) is 5.82 Å². The fourth-order valence-corrected chi connectivity index (χ4v) is 2.84. The molecular weight excluding hydrogens is 312 g/mol. The molecule has 3 rings (SSSR count). The molecular formula is C16H14N4O2S. The van der Waals surface area contributed by atoms with Crippen molar-refractivity contribution in [3.63, 3.8) is 0 Å². The van der Waals surface area contributed by atoms with Crippen LogP contribution < -0.4 is 11.1 Å². The zero-order valence-corrected chi connectivity index (χ0v) is 13.0. The number of hydrogen-bond donors (Lipinski definition) is 2. The maximum absolute atomic E-state index is 11.5. The third-order valence-electron chi connectivity index (χ3n) is 3.24. The number of nitrogens with two attached hydrogens (primary N) is 1. The Morgan fingerprint density at radius 3 is 2.83 bits per heavy atom. The highest BCUT2D eigenvalue weighted by atomic mass is 32.2. The summed E-state index contributed by atoms with van der Waals surface area (Å²) in [4.78, 5) is 31.7. The van der Waals surface area contributed by atoms with Gasteiger partial charge in [0, 0.05) is 18.3 Å². The number of hydrogen-bond acceptors (Lipinski definition) is 6. The molecule has 6 nitrogen and oxygen atoms in total. The number of aryl methyl sites for hydroxylation is 2. The van der Waals surface area contributed by atoms with E-state index in [4.69, 9.17) is 5.73 Å². The summed E-state index contributed by atoms with van der Waals surface area (Å²) in [6.45, 7) is 0. The third-order valence-corrected chi connectivity index (χ3v) is 4.05. The van der Waals surface area contributed by atoms with Crippen LogP contribution in [0.2, 0.25) is 0 Å². The lowest BCUT2D eigenvalue weighted by Gasteiger charge is -2.03. The van der Waals surface area contributed by atoms with Crippen molar-refractivity contribution in [3.05, 3.63) is 58.5 Å². The Morgan fingerprint density at radius 2 is 2.09 bits per heavy atom. The Morgan fingerprint density at radius 1 is 1.22 bits per heavy atom. The van der Waals surface area contributed by atoms with Gasteiger partial charge in [-0.25, -0.2) is 9.97 Å². The van der Waals surface area contributed by atoms with Crippen LogP contribution in [0.1, 0.15) is 17.1 Å². The summed E-state index contributed by atoms with van der Waals surface area (Å²) < 4.78 is 0. The van der Waals surface area contributed by atoms with E-state index < -0.39 is 0 Å². The topological polar surface area (TPSA) is 98.0 Å². The van der Waals surface area contributed by atoms with Crippen molar-refractivity contribution >= 4 is 34.7 Å². The van der Waals surface area contributed by atoms with E-state index in [1.54, 1.807) is 18.3 Å². The van der Waals surface area contributed by atoms with Crippen molar-refractivity contribution in [1.82, 2.24) is 15.3 Å². The van der Waals surface area contributed by atoms with Gasteiger partial charge in [0.25, 0.3) is 11.1 Å². The molecule has 3 N–H and O–H groups in total. The number of thioether (sulfide) groups is 1. The van der Waals surface area contributed by atoms with Gasteiger partial charge in [0.05, 0.1) is 10.6 Å². The highest BCUT2D eigenvalue weighted by Gasteiger charge is 2.25. The molecule has 1 aromatic carbocycles. The Labute approximate surface area is 137 Å². The monoisotopic (exact) mass is 326 g/mol. The number of rotatable bonds is 4. The first-order valence-corrected chi connectivity index (χ1v) is 7.83. The summed E-state index contributed by atoms with van der Waals surface area (Å²) in [7, 11) is 0. The van der Waals surface area contributed by atoms with Gasteiger partial charge in [-0.15, -0.1) is 0 Å². The molecule has 1 fully saturated rings. The van der Waals surface area contributed by atoms with Gasteiger partial charge >= 0.3 is 0 Å². The largest absolute Gasteiger partial charge is 0.399 e. The number of anilines is 1. The maximum atomic E-state index is 11.5. The second-order valence-corrected chi connectivity index (χ2v) is 6.01. The number of aromatic nitrogens is 2. The van der Waals surface area contributed by atoms with E-state index in [-0.39, 0.29) is 11.1 Å². The number of benzene rings is 1. The highest BCUT2D eigenvalue weighted by molar-refractivity contribution is 8.18. The number of imide groups is 1. The van der Waals surface area contributed by atoms with Crippen LogP contribution in [0.15, 0.2) is 41.4 Å². The molecule has 0 aliphatic carbocycles. The molecule has 0 saturated carbocycles. The van der Waals surface area contributed by atoms with Gasteiger partial charge < -0.3 is 5.73 Å². The van der Waals surface area contributed by atoms with Crippen molar-refractivity contribution in [3.8, 4) is 0 Å². The first-order valence-electron chi connectivity index (χ1n) is 7.01. The zero-order valence-electron chi connectivity index (χ0n) is 12.2. The second-order valence-electron chi connectivity index (χ2n) is 5.00. The predicted octanol–water partition coefficient (Wildman–Crippen LogP) is 2.17. The van der Waals surface area contributed by atoms with Crippen molar-refractivity contribution in [2.45, 2.75) is 12.8 Å². The lowest BCUT2D eigenvalue weighted by atomic mass is 10.1. The molecule has 116 valence electrons. The van der Waals surface area contributed by atoms with Gasteiger partial charge in [-0.1, -0.05) is 12.1 Å². The number of nitrogens with one attached hydrogen (secondary N) is 1. The molecule has 7 heteroatoms. The molecule has 0 atom stereocenters. The molecule has 1 aromatic heterocycles. The summed E-state index contributed by atoms with van der Waals surface area (Å²) >= 11 is 0.873. The average molecular weight is 326 g/mol. The number of nitrogens with zero attached hydrogens (tertiary/aromatic N) is 2. The van der Waals surface area contributed by atoms with Crippen molar-refractivity contribution in [2.75, 3.05) is 5.73 Å². The van der Waals surface area contributed by atoms with Crippen molar-refractivity contribution in [1.29, 1.82) is 0 Å². The van der Waals surface area contributed by atoms with E-state index in [0.717, 1.165) is 29.4 Å². The zero-order chi connectivity index (χ0) is 16.2. The standard InChI is InChI=1S/C16H14N4O2S/c17-11-3-1-2-10(8-11)4-5-14-18-7-6-12(19-14)9-13-15(21)20-16(22)23-13/h1-3,6-9H,4-5,17H2,(H,20,21,22)/b13-9-. The minimum Gasteiger partial charge on any atom is -0.399 e. The van der Waals surface area contributed by atoms with Gasteiger partial charge in [-0.2, -0.15) is 0 Å². The fourth-order valence-electron chi connectivity index (χ4n) is 2.18. The van der Waals surface area contributed by atoms with Crippen LogP contribution in [0.3, 0.4) is 0 Å². The number of carbonyl (C=O) groups is 2. The maximum Gasteiger partial charge on any atom is 0.290 e. The van der Waals surface area contributed by atoms with Crippen LogP contribution in [0.5, 0.6) is 0 Å². The van der Waals surface area contributed by atoms with Crippen LogP contribution in [0, 0.1) is 0 Å². The van der Waals surface area contributed by atoms with Crippen LogP contribution in [-0.2, 0) is 17.6 Å². The third kappa shape index (κ3) is 3.95. The molecule has 1 aliphatic rings. The summed E-state index contributed by atoms with van der Waals surface area (Å²) in [5.74, 6) is 0.288. The lowest BCUT2D eigenvalue weighted by molar-refractivity contribution is -0.115. The molecule has 2 aromatic rings. The quantitative estimate of drug-likeness (QED) is 0.660. The highest BCUT2D eigenvalue weighted by Crippen LogP contribution is 2.24. The van der Waals surface area contributed by atoms with E-state index >= 15 is 0 Å². The lowest BCUT2D eigenvalue weighted by Crippen LogP contribution is -2.17. The fraction of sp³-hybridized carbons (Fsp3) is 0.125. The van der Waals surface area contributed by atoms with Crippen LogP contribution in [-0.4, -0.2) is 21.1 Å². The SMILES string of the molecule is Nc1cccc(CCc2nccc(/C=C3\SC(=O)NC3=O)n2)c1. The Balaban J connectivity index is 1.71. The molecule has 23 heavy (non-hydrogen) atoms. The Bertz CT molecular complexity index is 804. The predicted molar refractivity (Wildman–Crippen MR) is 89.4 cm³/mol. The molecule has 0 spiro atoms. The molecule has 2 heterocycles. The average Bonchev–Trinajstić information content (AvgIpc) is 2.83. The van der Waals surface area contributed by atoms with Gasteiger partial charge in [-0.3, -0.25) is 14.9 Å². The first kappa shape index (κ1) is 15.2. The number of nitrogen functional groups attached to an aromatic ring is 1. The molecule has 0 bridgehead atoms. The Kier molecular flexibility index (Phi) is 4.38. The van der Waals surface area contributed by atoms with Gasteiger partial charge in [-0.05, 0) is 48.0 Å². The summed E-state index contributed by atoms with van der Waals surface area (Å²) in [5, 5.41) is 1.85. The van der Waals surface area contributed by atoms with E-state index in [1.165, 1.54) is 0 Å². The van der Waals surface area contributed by atoms with Crippen LogP contribution >= 0.6 is 11.8 Å². The molecule has 1 aliphatic heterocycles. The smallest absolute Gasteiger partial charge is 0.290 e. The van der Waals surface area contributed by atoms with Crippen molar-refractivity contribution < 1.29 is 9.59 Å². The Hall–Kier alpha value is -2.67. The van der Waals surface area contributed by atoms with Gasteiger partial charge in [0.2, 0.25) is 0 Å². The van der Waals surface area contributed by atoms with E-state index in [9.17, 15) is 9.59 Å². The number of carbonyl (C=O) groups excluding carboxylic acids is 2. The van der Waals surface area contributed by atoms with E-state index in [0.29, 0.717) is 22.8 Å². The number of amides is 2.